The van der Waals surface area contributed by atoms with Crippen LogP contribution < -0.4 is 5.73 Å². The van der Waals surface area contributed by atoms with Crippen molar-refractivity contribution in [1.29, 1.82) is 0 Å². The van der Waals surface area contributed by atoms with Crippen molar-refractivity contribution in [3.63, 3.8) is 0 Å². The van der Waals surface area contributed by atoms with E-state index in [1.54, 1.807) is 11.8 Å². The van der Waals surface area contributed by atoms with E-state index in [-0.39, 0.29) is 0 Å². The quantitative estimate of drug-likeness (QED) is 0.783. The number of nitrogens with two attached hydrogens (primary N) is 1. The van der Waals surface area contributed by atoms with E-state index in [0.29, 0.717) is 12.0 Å². The zero-order chi connectivity index (χ0) is 10.8. The lowest BCUT2D eigenvalue weighted by molar-refractivity contribution is 0.557. The number of thioether (sulfide) groups is 1. The van der Waals surface area contributed by atoms with Crippen LogP contribution in [-0.2, 0) is 0 Å². The molecule has 1 heterocycles. The topological polar surface area (TPSA) is 56.7 Å². The Morgan fingerprint density at radius 2 is 2.20 bits per heavy atom. The van der Waals surface area contributed by atoms with Crippen molar-refractivity contribution in [3.8, 4) is 0 Å². The van der Waals surface area contributed by atoms with Gasteiger partial charge in [0, 0.05) is 11.8 Å². The molecule has 0 bridgehead atoms. The molecule has 1 aliphatic carbocycles. The fourth-order valence-corrected chi connectivity index (χ4v) is 2.77. The van der Waals surface area contributed by atoms with Gasteiger partial charge in [-0.2, -0.15) is 0 Å². The van der Waals surface area contributed by atoms with Gasteiger partial charge in [-0.25, -0.2) is 0 Å². The molecule has 1 aliphatic rings. The van der Waals surface area contributed by atoms with E-state index < -0.39 is 0 Å². The largest absolute Gasteiger partial charge is 0.368 e. The van der Waals surface area contributed by atoms with Crippen LogP contribution in [0.3, 0.4) is 0 Å². The van der Waals surface area contributed by atoms with Crippen LogP contribution in [0.2, 0.25) is 0 Å². The Kier molecular flexibility index (Phi) is 3.19. The van der Waals surface area contributed by atoms with Gasteiger partial charge in [0.1, 0.15) is 0 Å². The molecular weight excluding hydrogens is 208 g/mol. The Hall–Kier alpha value is -0.710. The van der Waals surface area contributed by atoms with Crippen LogP contribution in [-0.4, -0.2) is 20.5 Å². The zero-order valence-electron chi connectivity index (χ0n) is 9.31. The summed E-state index contributed by atoms with van der Waals surface area (Å²) in [6.07, 6.45) is 4.13. The van der Waals surface area contributed by atoms with E-state index in [1.807, 2.05) is 4.57 Å². The van der Waals surface area contributed by atoms with E-state index in [4.69, 9.17) is 5.73 Å². The number of nitrogen functional groups attached to an aromatic ring is 1. The molecule has 15 heavy (non-hydrogen) atoms. The predicted octanol–water partition coefficient (Wildman–Crippen LogP) is 2.33. The number of rotatable bonds is 5. The molecule has 0 unspecified atom stereocenters. The first kappa shape index (κ1) is 10.8. The molecule has 1 fully saturated rings. The molecule has 2 N–H and O–H groups in total. The minimum absolute atomic E-state index is 0.337. The smallest absolute Gasteiger partial charge is 0.222 e. The van der Waals surface area contributed by atoms with Crippen LogP contribution >= 0.6 is 11.8 Å². The molecule has 0 atom stereocenters. The first-order valence-electron chi connectivity index (χ1n) is 5.51. The lowest BCUT2D eigenvalue weighted by atomic mass is 10.3. The summed E-state index contributed by atoms with van der Waals surface area (Å²) in [6.45, 7) is 4.20. The Morgan fingerprint density at radius 3 is 2.80 bits per heavy atom. The van der Waals surface area contributed by atoms with Crippen molar-refractivity contribution in [3.05, 3.63) is 0 Å². The molecule has 0 aromatic carbocycles. The highest BCUT2D eigenvalue weighted by molar-refractivity contribution is 7.99. The summed E-state index contributed by atoms with van der Waals surface area (Å²) in [5.74, 6) is 2.64. The molecule has 2 rings (SSSR count). The fourth-order valence-electron chi connectivity index (χ4n) is 1.60. The molecule has 0 aliphatic heterocycles. The lowest BCUT2D eigenvalue weighted by Crippen LogP contribution is -2.07. The summed E-state index contributed by atoms with van der Waals surface area (Å²) in [6, 6.07) is 0.337. The number of anilines is 1. The Labute approximate surface area is 94.6 Å². The van der Waals surface area contributed by atoms with Gasteiger partial charge < -0.3 is 5.73 Å². The average Bonchev–Trinajstić information content (AvgIpc) is 2.90. The highest BCUT2D eigenvalue weighted by Gasteiger charge is 2.21. The zero-order valence-corrected chi connectivity index (χ0v) is 10.1. The molecule has 4 nitrogen and oxygen atoms in total. The minimum atomic E-state index is 0.337. The first-order chi connectivity index (χ1) is 7.18. The highest BCUT2D eigenvalue weighted by Crippen LogP contribution is 2.34. The van der Waals surface area contributed by atoms with Crippen molar-refractivity contribution in [2.75, 3.05) is 11.5 Å². The van der Waals surface area contributed by atoms with Crippen molar-refractivity contribution < 1.29 is 0 Å². The van der Waals surface area contributed by atoms with E-state index in [2.05, 4.69) is 24.0 Å². The van der Waals surface area contributed by atoms with Gasteiger partial charge in [0.2, 0.25) is 5.95 Å². The number of aromatic nitrogens is 3. The van der Waals surface area contributed by atoms with Crippen molar-refractivity contribution in [2.45, 2.75) is 44.3 Å². The molecule has 1 aromatic rings. The Bertz CT molecular complexity index is 330. The van der Waals surface area contributed by atoms with Gasteiger partial charge in [0.05, 0.1) is 0 Å². The second-order valence-corrected chi connectivity index (χ2v) is 5.45. The average molecular weight is 226 g/mol. The molecule has 1 aromatic heterocycles. The van der Waals surface area contributed by atoms with Crippen LogP contribution in [0, 0.1) is 5.92 Å². The van der Waals surface area contributed by atoms with E-state index in [1.165, 1.54) is 19.3 Å². The van der Waals surface area contributed by atoms with E-state index >= 15 is 0 Å². The summed E-state index contributed by atoms with van der Waals surface area (Å²) in [7, 11) is 0. The van der Waals surface area contributed by atoms with Crippen LogP contribution in [0.4, 0.5) is 5.95 Å². The summed E-state index contributed by atoms with van der Waals surface area (Å²) < 4.78 is 2.00. The minimum Gasteiger partial charge on any atom is -0.368 e. The maximum atomic E-state index is 5.76. The van der Waals surface area contributed by atoms with Crippen molar-refractivity contribution in [1.82, 2.24) is 14.8 Å². The molecule has 0 spiro atoms. The summed E-state index contributed by atoms with van der Waals surface area (Å²) in [5.41, 5.74) is 5.76. The summed E-state index contributed by atoms with van der Waals surface area (Å²) in [5, 5.41) is 8.99. The van der Waals surface area contributed by atoms with Crippen LogP contribution in [0.25, 0.3) is 0 Å². The van der Waals surface area contributed by atoms with Gasteiger partial charge in [0.25, 0.3) is 0 Å². The number of hydrogen-bond acceptors (Lipinski definition) is 4. The molecule has 0 amide bonds. The molecule has 0 radical (unpaired) electrons. The van der Waals surface area contributed by atoms with Gasteiger partial charge in [-0.3, -0.25) is 4.57 Å². The van der Waals surface area contributed by atoms with E-state index in [9.17, 15) is 0 Å². The first-order valence-corrected chi connectivity index (χ1v) is 6.50. The standard InChI is InChI=1S/C10H18N4S/c1-7(2)14-9(11)12-13-10(14)15-6-5-8-3-4-8/h7-8H,3-6H2,1-2H3,(H2,11,12). The van der Waals surface area contributed by atoms with Gasteiger partial charge >= 0.3 is 0 Å². The van der Waals surface area contributed by atoms with Gasteiger partial charge in [-0.15, -0.1) is 10.2 Å². The SMILES string of the molecule is CC(C)n1c(N)nnc1SCCC1CC1. The maximum absolute atomic E-state index is 5.76. The van der Waals surface area contributed by atoms with Gasteiger partial charge in [0.15, 0.2) is 5.16 Å². The summed E-state index contributed by atoms with van der Waals surface area (Å²) in [4.78, 5) is 0. The Balaban J connectivity index is 1.93. The van der Waals surface area contributed by atoms with Gasteiger partial charge in [-0.1, -0.05) is 24.6 Å². The normalized spacial score (nSPS) is 16.2. The lowest BCUT2D eigenvalue weighted by Gasteiger charge is -2.10. The Morgan fingerprint density at radius 1 is 1.47 bits per heavy atom. The fraction of sp³-hybridized carbons (Fsp3) is 0.800. The third-order valence-electron chi connectivity index (χ3n) is 2.66. The second-order valence-electron chi connectivity index (χ2n) is 4.39. The third kappa shape index (κ3) is 2.65. The van der Waals surface area contributed by atoms with Crippen LogP contribution in [0.1, 0.15) is 39.2 Å². The molecule has 84 valence electrons. The maximum Gasteiger partial charge on any atom is 0.222 e. The van der Waals surface area contributed by atoms with Gasteiger partial charge in [-0.05, 0) is 26.2 Å². The van der Waals surface area contributed by atoms with Crippen molar-refractivity contribution >= 4 is 17.7 Å². The van der Waals surface area contributed by atoms with Crippen LogP contribution in [0.5, 0.6) is 0 Å². The number of hydrogen-bond donors (Lipinski definition) is 1. The molecule has 1 saturated carbocycles. The van der Waals surface area contributed by atoms with Crippen molar-refractivity contribution in [2.24, 2.45) is 5.92 Å². The monoisotopic (exact) mass is 226 g/mol. The second kappa shape index (κ2) is 4.43. The predicted molar refractivity (Wildman–Crippen MR) is 62.9 cm³/mol. The molecular formula is C10H18N4S. The molecule has 0 saturated heterocycles. The van der Waals surface area contributed by atoms with Crippen LogP contribution in [0.15, 0.2) is 5.16 Å². The third-order valence-corrected chi connectivity index (χ3v) is 3.64. The molecule has 5 heteroatoms. The number of nitrogens with zero attached hydrogens (tertiary/aromatic N) is 3. The highest BCUT2D eigenvalue weighted by atomic mass is 32.2. The van der Waals surface area contributed by atoms with E-state index in [0.717, 1.165) is 16.8 Å². The summed E-state index contributed by atoms with van der Waals surface area (Å²) >= 11 is 1.77.